The lowest BCUT2D eigenvalue weighted by atomic mass is 10.2. The number of benzene rings is 1. The van der Waals surface area contributed by atoms with E-state index in [1.807, 2.05) is 13.8 Å². The normalized spacial score (nSPS) is 13.1. The summed E-state index contributed by atoms with van der Waals surface area (Å²) in [6.07, 6.45) is 1.76. The van der Waals surface area contributed by atoms with Crippen molar-refractivity contribution in [1.82, 2.24) is 9.55 Å². The van der Waals surface area contributed by atoms with Gasteiger partial charge >= 0.3 is 11.9 Å². The number of carbonyl (C=O) groups is 2. The van der Waals surface area contributed by atoms with Crippen molar-refractivity contribution >= 4 is 45.1 Å². The Kier molecular flexibility index (Phi) is 7.12. The zero-order valence-corrected chi connectivity index (χ0v) is 19.2. The maximum absolute atomic E-state index is 13.1. The number of aryl methyl sites for hydroxylation is 1. The van der Waals surface area contributed by atoms with E-state index in [2.05, 4.69) is 4.98 Å². The van der Waals surface area contributed by atoms with Gasteiger partial charge in [0.1, 0.15) is 22.4 Å². The fourth-order valence-corrected chi connectivity index (χ4v) is 4.14. The zero-order valence-electron chi connectivity index (χ0n) is 17.7. The molecule has 0 N–H and O–H groups in total. The highest BCUT2D eigenvalue weighted by atomic mass is 35.5. The van der Waals surface area contributed by atoms with Crippen LogP contribution in [0.4, 0.5) is 0 Å². The van der Waals surface area contributed by atoms with E-state index < -0.39 is 23.5 Å². The van der Waals surface area contributed by atoms with E-state index in [0.29, 0.717) is 37.7 Å². The first kappa shape index (κ1) is 23.0. The molecule has 2 unspecified atom stereocenters. The Bertz CT molecular complexity index is 1190. The molecule has 0 aliphatic rings. The van der Waals surface area contributed by atoms with Gasteiger partial charge in [0, 0.05) is 10.6 Å². The summed E-state index contributed by atoms with van der Waals surface area (Å²) in [5, 5.41) is 0.795. The van der Waals surface area contributed by atoms with Crippen molar-refractivity contribution in [2.24, 2.45) is 0 Å². The SMILES string of the molecule is CCC(C)OC(=O)c1sc2ncn(C(C)C(=O)OCc3ccccc3Cl)c(=O)c2c1C. The number of hydrogen-bond acceptors (Lipinski definition) is 7. The molecule has 0 bridgehead atoms. The molecular weight excluding hydrogens is 440 g/mol. The number of rotatable bonds is 7. The predicted molar refractivity (Wildman–Crippen MR) is 120 cm³/mol. The van der Waals surface area contributed by atoms with E-state index in [9.17, 15) is 14.4 Å². The first-order chi connectivity index (χ1) is 14.7. The van der Waals surface area contributed by atoms with Gasteiger partial charge in [-0.15, -0.1) is 11.3 Å². The smallest absolute Gasteiger partial charge is 0.348 e. The Morgan fingerprint density at radius 2 is 1.97 bits per heavy atom. The molecule has 0 saturated carbocycles. The zero-order chi connectivity index (χ0) is 22.7. The van der Waals surface area contributed by atoms with Gasteiger partial charge in [0.25, 0.3) is 5.56 Å². The fraction of sp³-hybridized carbons (Fsp3) is 0.364. The van der Waals surface area contributed by atoms with E-state index in [4.69, 9.17) is 21.1 Å². The molecule has 0 spiro atoms. The molecule has 2 atom stereocenters. The molecule has 0 saturated heterocycles. The minimum atomic E-state index is -0.901. The number of halogens is 1. The Balaban J connectivity index is 1.85. The summed E-state index contributed by atoms with van der Waals surface area (Å²) in [6.45, 7) is 6.96. The molecule has 0 amide bonds. The van der Waals surface area contributed by atoms with Crippen LogP contribution >= 0.6 is 22.9 Å². The lowest BCUT2D eigenvalue weighted by molar-refractivity contribution is -0.148. The number of fused-ring (bicyclic) bond motifs is 1. The molecule has 3 aromatic rings. The fourth-order valence-electron chi connectivity index (χ4n) is 2.93. The molecule has 1 aromatic carbocycles. The largest absolute Gasteiger partial charge is 0.459 e. The molecule has 2 heterocycles. The standard InChI is InChI=1S/C22H23ClN2O5S/c1-5-12(2)30-22(28)18-13(3)17-19(31-18)24-11-25(20(17)26)14(4)21(27)29-10-15-8-6-7-9-16(15)23/h6-9,11-12,14H,5,10H2,1-4H3. The summed E-state index contributed by atoms with van der Waals surface area (Å²) >= 11 is 7.19. The van der Waals surface area contributed by atoms with Gasteiger partial charge in [-0.3, -0.25) is 9.36 Å². The first-order valence-corrected chi connectivity index (χ1v) is 11.0. The van der Waals surface area contributed by atoms with Crippen molar-refractivity contribution in [3.05, 3.63) is 62.0 Å². The summed E-state index contributed by atoms with van der Waals surface area (Å²) in [5.74, 6) is -1.07. The second kappa shape index (κ2) is 9.62. The quantitative estimate of drug-likeness (QED) is 0.474. The Labute approximate surface area is 188 Å². The average molecular weight is 463 g/mol. The molecule has 0 aliphatic carbocycles. The van der Waals surface area contributed by atoms with Gasteiger partial charge in [-0.05, 0) is 38.8 Å². The highest BCUT2D eigenvalue weighted by Gasteiger charge is 2.25. The van der Waals surface area contributed by atoms with Crippen LogP contribution in [0.25, 0.3) is 10.2 Å². The third-order valence-corrected chi connectivity index (χ3v) is 6.58. The first-order valence-electron chi connectivity index (χ1n) is 9.85. The summed E-state index contributed by atoms with van der Waals surface area (Å²) in [6, 6.07) is 6.15. The number of carbonyl (C=O) groups excluding carboxylic acids is 2. The number of nitrogens with zero attached hydrogens (tertiary/aromatic N) is 2. The summed E-state index contributed by atoms with van der Waals surface area (Å²) in [7, 11) is 0. The van der Waals surface area contributed by atoms with Crippen LogP contribution in [-0.4, -0.2) is 27.6 Å². The minimum Gasteiger partial charge on any atom is -0.459 e. The number of ether oxygens (including phenoxy) is 2. The van der Waals surface area contributed by atoms with Gasteiger partial charge in [-0.2, -0.15) is 0 Å². The highest BCUT2D eigenvalue weighted by molar-refractivity contribution is 7.20. The van der Waals surface area contributed by atoms with Crippen LogP contribution in [0.2, 0.25) is 5.02 Å². The molecule has 31 heavy (non-hydrogen) atoms. The minimum absolute atomic E-state index is 0.00362. The summed E-state index contributed by atoms with van der Waals surface area (Å²) in [5.41, 5.74) is 0.754. The molecule has 2 aromatic heterocycles. The van der Waals surface area contributed by atoms with Crippen LogP contribution in [0, 0.1) is 6.92 Å². The second-order valence-electron chi connectivity index (χ2n) is 7.19. The molecule has 7 nitrogen and oxygen atoms in total. The van der Waals surface area contributed by atoms with Crippen LogP contribution in [0.1, 0.15) is 54.0 Å². The number of hydrogen-bond donors (Lipinski definition) is 0. The van der Waals surface area contributed by atoms with Crippen LogP contribution in [0.3, 0.4) is 0 Å². The Morgan fingerprint density at radius 1 is 1.26 bits per heavy atom. The molecule has 3 rings (SSSR count). The molecular formula is C22H23ClN2O5S. The Hall–Kier alpha value is -2.71. The summed E-state index contributed by atoms with van der Waals surface area (Å²) < 4.78 is 11.9. The van der Waals surface area contributed by atoms with Crippen molar-refractivity contribution in [3.8, 4) is 0 Å². The molecule has 0 aliphatic heterocycles. The van der Waals surface area contributed by atoms with E-state index in [1.54, 1.807) is 38.1 Å². The number of thiophene rings is 1. The van der Waals surface area contributed by atoms with E-state index in [1.165, 1.54) is 10.9 Å². The molecule has 0 radical (unpaired) electrons. The second-order valence-corrected chi connectivity index (χ2v) is 8.60. The van der Waals surface area contributed by atoms with Crippen LogP contribution in [-0.2, 0) is 20.9 Å². The molecule has 9 heteroatoms. The Morgan fingerprint density at radius 3 is 2.65 bits per heavy atom. The van der Waals surface area contributed by atoms with Gasteiger partial charge < -0.3 is 9.47 Å². The van der Waals surface area contributed by atoms with Crippen LogP contribution in [0.15, 0.2) is 35.4 Å². The third kappa shape index (κ3) is 4.80. The van der Waals surface area contributed by atoms with Crippen LogP contribution < -0.4 is 5.56 Å². The lowest BCUT2D eigenvalue weighted by Crippen LogP contribution is -2.29. The lowest BCUT2D eigenvalue weighted by Gasteiger charge is -2.14. The van der Waals surface area contributed by atoms with E-state index in [-0.39, 0.29) is 12.7 Å². The predicted octanol–water partition coefficient (Wildman–Crippen LogP) is 4.68. The van der Waals surface area contributed by atoms with Gasteiger partial charge in [-0.1, -0.05) is 36.7 Å². The van der Waals surface area contributed by atoms with Crippen molar-refractivity contribution in [1.29, 1.82) is 0 Å². The third-order valence-electron chi connectivity index (χ3n) is 5.03. The van der Waals surface area contributed by atoms with Crippen LogP contribution in [0.5, 0.6) is 0 Å². The average Bonchev–Trinajstić information content (AvgIpc) is 3.10. The maximum Gasteiger partial charge on any atom is 0.348 e. The van der Waals surface area contributed by atoms with Crippen molar-refractivity contribution in [2.75, 3.05) is 0 Å². The van der Waals surface area contributed by atoms with E-state index in [0.717, 1.165) is 11.3 Å². The van der Waals surface area contributed by atoms with Gasteiger partial charge in [-0.25, -0.2) is 14.6 Å². The van der Waals surface area contributed by atoms with Gasteiger partial charge in [0.2, 0.25) is 0 Å². The van der Waals surface area contributed by atoms with Crippen molar-refractivity contribution < 1.29 is 19.1 Å². The number of esters is 2. The molecule has 164 valence electrons. The van der Waals surface area contributed by atoms with E-state index >= 15 is 0 Å². The molecule has 0 fully saturated rings. The van der Waals surface area contributed by atoms with Crippen molar-refractivity contribution in [2.45, 2.75) is 52.9 Å². The van der Waals surface area contributed by atoms with Crippen molar-refractivity contribution in [3.63, 3.8) is 0 Å². The summed E-state index contributed by atoms with van der Waals surface area (Å²) in [4.78, 5) is 43.1. The van der Waals surface area contributed by atoms with Gasteiger partial charge in [0.15, 0.2) is 0 Å². The highest BCUT2D eigenvalue weighted by Crippen LogP contribution is 2.28. The van der Waals surface area contributed by atoms with Gasteiger partial charge in [0.05, 0.1) is 17.8 Å². The maximum atomic E-state index is 13.1. The topological polar surface area (TPSA) is 87.5 Å². The number of aromatic nitrogens is 2. The monoisotopic (exact) mass is 462 g/mol.